The summed E-state index contributed by atoms with van der Waals surface area (Å²) < 4.78 is 4.86. The second kappa shape index (κ2) is 8.49. The van der Waals surface area contributed by atoms with Crippen LogP contribution in [0.3, 0.4) is 0 Å². The number of hydrogen-bond acceptors (Lipinski definition) is 4. The van der Waals surface area contributed by atoms with Crippen molar-refractivity contribution < 1.29 is 14.3 Å². The third-order valence-corrected chi connectivity index (χ3v) is 5.88. The summed E-state index contributed by atoms with van der Waals surface area (Å²) in [5, 5.41) is 5.58. The van der Waals surface area contributed by atoms with Crippen LogP contribution in [0.2, 0.25) is 0 Å². The number of methoxy groups -OCH3 is 1. The first-order valence-corrected chi connectivity index (χ1v) is 10.1. The Kier molecular flexibility index (Phi) is 6.03. The second-order valence-electron chi connectivity index (χ2n) is 7.62. The van der Waals surface area contributed by atoms with E-state index in [1.54, 1.807) is 0 Å². The van der Waals surface area contributed by atoms with Crippen molar-refractivity contribution in [3.63, 3.8) is 0 Å². The molecule has 0 aliphatic carbocycles. The van der Waals surface area contributed by atoms with Crippen molar-refractivity contribution in [2.24, 2.45) is 0 Å². The van der Waals surface area contributed by atoms with Gasteiger partial charge in [0, 0.05) is 10.6 Å². The molecule has 29 heavy (non-hydrogen) atoms. The van der Waals surface area contributed by atoms with Gasteiger partial charge in [0.1, 0.15) is 4.88 Å². The minimum absolute atomic E-state index is 0.142. The third-order valence-electron chi connectivity index (χ3n) is 4.34. The van der Waals surface area contributed by atoms with Gasteiger partial charge in [0.05, 0.1) is 12.8 Å². The fourth-order valence-corrected chi connectivity index (χ4v) is 3.85. The summed E-state index contributed by atoms with van der Waals surface area (Å²) in [7, 11) is 1.33. The van der Waals surface area contributed by atoms with Crippen molar-refractivity contribution in [3.8, 4) is 11.1 Å². The number of hydrogen-bond donors (Lipinski definition) is 2. The van der Waals surface area contributed by atoms with Gasteiger partial charge in [-0.2, -0.15) is 0 Å². The van der Waals surface area contributed by atoms with Crippen LogP contribution < -0.4 is 10.6 Å². The zero-order valence-electron chi connectivity index (χ0n) is 16.9. The Morgan fingerprint density at radius 1 is 0.897 bits per heavy atom. The number of carbonyl (C=O) groups is 2. The van der Waals surface area contributed by atoms with Crippen LogP contribution in [0.15, 0.2) is 60.7 Å². The van der Waals surface area contributed by atoms with Crippen LogP contribution in [0, 0.1) is 0 Å². The summed E-state index contributed by atoms with van der Waals surface area (Å²) in [6.07, 6.45) is 0. The summed E-state index contributed by atoms with van der Waals surface area (Å²) in [6.45, 7) is 6.16. The van der Waals surface area contributed by atoms with Gasteiger partial charge in [-0.1, -0.05) is 63.2 Å². The molecule has 6 heteroatoms. The van der Waals surface area contributed by atoms with Gasteiger partial charge in [-0.25, -0.2) is 9.59 Å². The first-order chi connectivity index (χ1) is 13.8. The topological polar surface area (TPSA) is 67.4 Å². The van der Waals surface area contributed by atoms with Crippen molar-refractivity contribution >= 4 is 34.7 Å². The van der Waals surface area contributed by atoms with Gasteiger partial charge in [0.15, 0.2) is 0 Å². The molecule has 3 aromatic rings. The lowest BCUT2D eigenvalue weighted by molar-refractivity contribution is 0.0607. The van der Waals surface area contributed by atoms with E-state index in [1.165, 1.54) is 18.4 Å². The van der Waals surface area contributed by atoms with Crippen molar-refractivity contribution in [1.29, 1.82) is 0 Å². The number of nitrogens with one attached hydrogen (secondary N) is 2. The summed E-state index contributed by atoms with van der Waals surface area (Å²) in [5.74, 6) is -0.465. The first-order valence-electron chi connectivity index (χ1n) is 9.24. The molecule has 150 valence electrons. The Labute approximate surface area is 174 Å². The Morgan fingerprint density at radius 3 is 2.10 bits per heavy atom. The lowest BCUT2D eigenvalue weighted by atomic mass is 9.94. The molecule has 1 aromatic heterocycles. The highest BCUT2D eigenvalue weighted by Gasteiger charge is 2.24. The summed E-state index contributed by atoms with van der Waals surface area (Å²) in [5.41, 5.74) is 3.14. The highest BCUT2D eigenvalue weighted by molar-refractivity contribution is 7.14. The minimum atomic E-state index is -0.465. The summed E-state index contributed by atoms with van der Waals surface area (Å²) in [6, 6.07) is 19.0. The first kappa shape index (κ1) is 20.6. The maximum absolute atomic E-state index is 12.5. The molecule has 0 unspecified atom stereocenters. The van der Waals surface area contributed by atoms with E-state index in [0.717, 1.165) is 16.0 Å². The number of amides is 2. The number of rotatable bonds is 4. The summed E-state index contributed by atoms with van der Waals surface area (Å²) in [4.78, 5) is 26.0. The van der Waals surface area contributed by atoms with E-state index in [-0.39, 0.29) is 5.41 Å². The predicted octanol–water partition coefficient (Wildman–Crippen LogP) is 6.14. The molecule has 0 radical (unpaired) electrons. The quantitative estimate of drug-likeness (QED) is 0.509. The van der Waals surface area contributed by atoms with Crippen LogP contribution in [0.25, 0.3) is 11.1 Å². The Balaban J connectivity index is 1.74. The van der Waals surface area contributed by atoms with Crippen LogP contribution in [0.1, 0.15) is 35.3 Å². The number of ether oxygens (including phenoxy) is 1. The standard InChI is InChI=1S/C23H24N2O3S/c1-23(2,3)19-14-18(20(29-19)21(26)28-4)25-22(27)24-17-12-10-16(11-13-17)15-8-6-5-7-9-15/h5-14H,1-4H3,(H2,24,25,27). The van der Waals surface area contributed by atoms with Crippen molar-refractivity contribution in [2.75, 3.05) is 17.7 Å². The molecule has 1 heterocycles. The predicted molar refractivity (Wildman–Crippen MR) is 119 cm³/mol. The molecular formula is C23H24N2O3S. The van der Waals surface area contributed by atoms with Gasteiger partial charge < -0.3 is 15.4 Å². The van der Waals surface area contributed by atoms with E-state index in [2.05, 4.69) is 31.4 Å². The lowest BCUT2D eigenvalue weighted by Crippen LogP contribution is -2.20. The molecule has 0 spiro atoms. The maximum Gasteiger partial charge on any atom is 0.350 e. The second-order valence-corrected chi connectivity index (χ2v) is 8.67. The van der Waals surface area contributed by atoms with Crippen LogP contribution in [-0.2, 0) is 10.2 Å². The lowest BCUT2D eigenvalue weighted by Gasteiger charge is -2.15. The van der Waals surface area contributed by atoms with E-state index in [9.17, 15) is 9.59 Å². The number of esters is 1. The molecule has 0 aliphatic rings. The molecule has 2 amide bonds. The van der Waals surface area contributed by atoms with Crippen LogP contribution in [-0.4, -0.2) is 19.1 Å². The molecule has 2 N–H and O–H groups in total. The molecule has 0 aliphatic heterocycles. The van der Waals surface area contributed by atoms with Crippen molar-refractivity contribution in [1.82, 2.24) is 0 Å². The molecule has 5 nitrogen and oxygen atoms in total. The highest BCUT2D eigenvalue weighted by Crippen LogP contribution is 2.36. The normalized spacial score (nSPS) is 11.0. The van der Waals surface area contributed by atoms with Crippen molar-refractivity contribution in [3.05, 3.63) is 70.4 Å². The summed E-state index contributed by atoms with van der Waals surface area (Å²) >= 11 is 1.33. The minimum Gasteiger partial charge on any atom is -0.465 e. The third kappa shape index (κ3) is 5.03. The average molecular weight is 409 g/mol. The maximum atomic E-state index is 12.5. The fraction of sp³-hybridized carbons (Fsp3) is 0.217. The number of carbonyl (C=O) groups excluding carboxylic acids is 2. The van der Waals surface area contributed by atoms with Gasteiger partial charge in [0.25, 0.3) is 0 Å². The van der Waals surface area contributed by atoms with Crippen molar-refractivity contribution in [2.45, 2.75) is 26.2 Å². The molecule has 0 saturated carbocycles. The zero-order chi connectivity index (χ0) is 21.0. The molecule has 2 aromatic carbocycles. The van der Waals surface area contributed by atoms with E-state index >= 15 is 0 Å². The highest BCUT2D eigenvalue weighted by atomic mass is 32.1. The average Bonchev–Trinajstić information content (AvgIpc) is 3.13. The number of benzene rings is 2. The fourth-order valence-electron chi connectivity index (χ4n) is 2.76. The van der Waals surface area contributed by atoms with Gasteiger partial charge >= 0.3 is 12.0 Å². The van der Waals surface area contributed by atoms with Gasteiger partial charge in [-0.15, -0.1) is 11.3 Å². The van der Waals surface area contributed by atoms with Gasteiger partial charge in [0.2, 0.25) is 0 Å². The van der Waals surface area contributed by atoms with E-state index < -0.39 is 12.0 Å². The van der Waals surface area contributed by atoms with Crippen LogP contribution >= 0.6 is 11.3 Å². The Morgan fingerprint density at radius 2 is 1.52 bits per heavy atom. The van der Waals surface area contributed by atoms with Gasteiger partial charge in [-0.05, 0) is 34.7 Å². The largest absolute Gasteiger partial charge is 0.465 e. The molecule has 0 fully saturated rings. The SMILES string of the molecule is COC(=O)c1sc(C(C)(C)C)cc1NC(=O)Nc1ccc(-c2ccccc2)cc1. The molecule has 3 rings (SSSR count). The monoisotopic (exact) mass is 408 g/mol. The van der Waals surface area contributed by atoms with Crippen LogP contribution in [0.5, 0.6) is 0 Å². The molecular weight excluding hydrogens is 384 g/mol. The number of urea groups is 1. The van der Waals surface area contributed by atoms with Gasteiger partial charge in [-0.3, -0.25) is 0 Å². The smallest absolute Gasteiger partial charge is 0.350 e. The Hall–Kier alpha value is -3.12. The Bertz CT molecular complexity index is 1000. The molecule has 0 saturated heterocycles. The van der Waals surface area contributed by atoms with Crippen LogP contribution in [0.4, 0.5) is 16.2 Å². The molecule has 0 bridgehead atoms. The molecule has 0 atom stereocenters. The van der Waals surface area contributed by atoms with E-state index in [0.29, 0.717) is 16.3 Å². The number of anilines is 2. The number of thiophene rings is 1. The van der Waals surface area contributed by atoms with E-state index in [1.807, 2.05) is 60.7 Å². The van der Waals surface area contributed by atoms with E-state index in [4.69, 9.17) is 4.74 Å². The zero-order valence-corrected chi connectivity index (χ0v) is 17.7.